The minimum atomic E-state index is 0.262. The molecule has 0 aromatic carbocycles. The minimum absolute atomic E-state index is 0.262. The van der Waals surface area contributed by atoms with Gasteiger partial charge in [0.1, 0.15) is 0 Å². The Kier molecular flexibility index (Phi) is 4.61. The van der Waals surface area contributed by atoms with E-state index in [0.29, 0.717) is 5.91 Å². The van der Waals surface area contributed by atoms with Crippen molar-refractivity contribution in [3.8, 4) is 0 Å². The summed E-state index contributed by atoms with van der Waals surface area (Å²) in [6.07, 6.45) is 14.8. The number of nitrogens with zero attached hydrogens (tertiary/aromatic N) is 3. The van der Waals surface area contributed by atoms with Gasteiger partial charge in [-0.3, -0.25) is 9.48 Å². The maximum atomic E-state index is 12.6. The normalized spacial score (nSPS) is 23.7. The third kappa shape index (κ3) is 3.47. The van der Waals surface area contributed by atoms with Gasteiger partial charge in [-0.05, 0) is 25.2 Å². The van der Waals surface area contributed by atoms with Gasteiger partial charge >= 0.3 is 0 Å². The number of hydrogen-bond donors (Lipinski definition) is 0. The van der Waals surface area contributed by atoms with Crippen LogP contribution >= 0.6 is 0 Å². The van der Waals surface area contributed by atoms with Crippen molar-refractivity contribution in [1.29, 1.82) is 0 Å². The van der Waals surface area contributed by atoms with Gasteiger partial charge in [-0.15, -0.1) is 0 Å². The summed E-state index contributed by atoms with van der Waals surface area (Å²) >= 11 is 0. The highest BCUT2D eigenvalue weighted by Gasteiger charge is 2.30. The van der Waals surface area contributed by atoms with Gasteiger partial charge in [-0.1, -0.05) is 32.1 Å². The van der Waals surface area contributed by atoms with Crippen LogP contribution in [0.2, 0.25) is 0 Å². The van der Waals surface area contributed by atoms with Gasteiger partial charge in [0, 0.05) is 31.8 Å². The van der Waals surface area contributed by atoms with E-state index in [2.05, 4.69) is 16.2 Å². The molecule has 2 heterocycles. The fourth-order valence-electron chi connectivity index (χ4n) is 3.97. The Bertz CT molecular complexity index is 476. The molecule has 1 saturated carbocycles. The Labute approximate surface area is 127 Å². The van der Waals surface area contributed by atoms with Gasteiger partial charge in [0.05, 0.1) is 12.2 Å². The van der Waals surface area contributed by atoms with Crippen molar-refractivity contribution in [3.05, 3.63) is 18.0 Å². The molecule has 21 heavy (non-hydrogen) atoms. The predicted octanol–water partition coefficient (Wildman–Crippen LogP) is 3.44. The smallest absolute Gasteiger partial charge is 0.223 e. The predicted molar refractivity (Wildman–Crippen MR) is 82.7 cm³/mol. The molecule has 1 amide bonds. The molecule has 1 aliphatic heterocycles. The zero-order chi connectivity index (χ0) is 14.7. The van der Waals surface area contributed by atoms with Crippen LogP contribution in [0.1, 0.15) is 69.4 Å². The molecule has 0 radical (unpaired) electrons. The molecule has 3 rings (SSSR count). The molecule has 116 valence electrons. The van der Waals surface area contributed by atoms with Crippen LogP contribution in [0, 0.1) is 5.92 Å². The summed E-state index contributed by atoms with van der Waals surface area (Å²) in [4.78, 5) is 14.7. The highest BCUT2D eigenvalue weighted by atomic mass is 16.2. The SMILES string of the molecule is Cn1cc(C2CCCN2C(=O)CCC2CCCCC2)cn1. The van der Waals surface area contributed by atoms with Crippen molar-refractivity contribution in [3.63, 3.8) is 0 Å². The summed E-state index contributed by atoms with van der Waals surface area (Å²) in [6.45, 7) is 0.920. The second-order valence-corrected chi connectivity index (χ2v) is 6.74. The lowest BCUT2D eigenvalue weighted by Crippen LogP contribution is -2.30. The van der Waals surface area contributed by atoms with Gasteiger partial charge in [0.15, 0.2) is 0 Å². The summed E-state index contributed by atoms with van der Waals surface area (Å²) < 4.78 is 1.83. The van der Waals surface area contributed by atoms with E-state index in [1.165, 1.54) is 37.7 Å². The lowest BCUT2D eigenvalue weighted by atomic mass is 9.86. The number of rotatable bonds is 4. The molecule has 2 fully saturated rings. The van der Waals surface area contributed by atoms with Gasteiger partial charge in [-0.2, -0.15) is 5.10 Å². The number of likely N-dealkylation sites (tertiary alicyclic amines) is 1. The first-order chi connectivity index (χ1) is 10.2. The Morgan fingerprint density at radius 2 is 2.05 bits per heavy atom. The van der Waals surface area contributed by atoms with E-state index in [1.54, 1.807) is 0 Å². The van der Waals surface area contributed by atoms with Gasteiger partial charge in [-0.25, -0.2) is 0 Å². The van der Waals surface area contributed by atoms with Crippen LogP contribution in [-0.2, 0) is 11.8 Å². The van der Waals surface area contributed by atoms with Crippen molar-refractivity contribution in [2.24, 2.45) is 13.0 Å². The number of aryl methyl sites for hydroxylation is 1. The molecule has 1 aromatic rings. The maximum Gasteiger partial charge on any atom is 0.223 e. The number of aromatic nitrogens is 2. The van der Waals surface area contributed by atoms with Crippen LogP contribution in [-0.4, -0.2) is 27.1 Å². The Morgan fingerprint density at radius 1 is 1.24 bits per heavy atom. The molecule has 1 aliphatic carbocycles. The molecule has 4 heteroatoms. The largest absolute Gasteiger partial charge is 0.336 e. The molecule has 1 saturated heterocycles. The van der Waals surface area contributed by atoms with Gasteiger partial charge in [0.25, 0.3) is 0 Å². The zero-order valence-electron chi connectivity index (χ0n) is 13.1. The number of hydrogen-bond acceptors (Lipinski definition) is 2. The summed E-state index contributed by atoms with van der Waals surface area (Å²) in [6, 6.07) is 0.262. The summed E-state index contributed by atoms with van der Waals surface area (Å²) in [7, 11) is 1.94. The lowest BCUT2D eigenvalue weighted by Gasteiger charge is -2.26. The second kappa shape index (κ2) is 6.63. The fraction of sp³-hybridized carbons (Fsp3) is 0.765. The van der Waals surface area contributed by atoms with Gasteiger partial charge in [0.2, 0.25) is 5.91 Å². The number of amides is 1. The highest BCUT2D eigenvalue weighted by Crippen LogP contribution is 2.33. The molecule has 1 atom stereocenters. The van der Waals surface area contributed by atoms with E-state index in [-0.39, 0.29) is 6.04 Å². The number of carbonyl (C=O) groups excluding carboxylic acids is 1. The summed E-state index contributed by atoms with van der Waals surface area (Å²) in [5, 5.41) is 4.25. The first-order valence-corrected chi connectivity index (χ1v) is 8.52. The van der Waals surface area contributed by atoms with E-state index in [0.717, 1.165) is 38.1 Å². The van der Waals surface area contributed by atoms with Crippen LogP contribution in [0.15, 0.2) is 12.4 Å². The van der Waals surface area contributed by atoms with E-state index in [1.807, 2.05) is 17.9 Å². The molecule has 1 unspecified atom stereocenters. The second-order valence-electron chi connectivity index (χ2n) is 6.74. The Hall–Kier alpha value is -1.32. The van der Waals surface area contributed by atoms with E-state index >= 15 is 0 Å². The van der Waals surface area contributed by atoms with Crippen LogP contribution in [0.25, 0.3) is 0 Å². The summed E-state index contributed by atoms with van der Waals surface area (Å²) in [5.41, 5.74) is 1.20. The monoisotopic (exact) mass is 289 g/mol. The maximum absolute atomic E-state index is 12.6. The fourth-order valence-corrected chi connectivity index (χ4v) is 3.97. The Balaban J connectivity index is 1.55. The van der Waals surface area contributed by atoms with Gasteiger partial charge < -0.3 is 4.90 Å². The molecule has 2 aliphatic rings. The van der Waals surface area contributed by atoms with Crippen molar-refractivity contribution in [2.75, 3.05) is 6.54 Å². The van der Waals surface area contributed by atoms with Crippen molar-refractivity contribution < 1.29 is 4.79 Å². The highest BCUT2D eigenvalue weighted by molar-refractivity contribution is 5.77. The molecule has 0 bridgehead atoms. The third-order valence-electron chi connectivity index (χ3n) is 5.17. The zero-order valence-corrected chi connectivity index (χ0v) is 13.1. The third-order valence-corrected chi connectivity index (χ3v) is 5.17. The minimum Gasteiger partial charge on any atom is -0.336 e. The molecule has 0 N–H and O–H groups in total. The topological polar surface area (TPSA) is 38.1 Å². The van der Waals surface area contributed by atoms with Crippen molar-refractivity contribution in [1.82, 2.24) is 14.7 Å². The van der Waals surface area contributed by atoms with E-state index < -0.39 is 0 Å². The lowest BCUT2D eigenvalue weighted by molar-refractivity contribution is -0.132. The van der Waals surface area contributed by atoms with Crippen LogP contribution in [0.3, 0.4) is 0 Å². The molecule has 0 spiro atoms. The first kappa shape index (κ1) is 14.6. The molecular weight excluding hydrogens is 262 g/mol. The van der Waals surface area contributed by atoms with Crippen LogP contribution in [0.4, 0.5) is 0 Å². The average molecular weight is 289 g/mol. The quantitative estimate of drug-likeness (QED) is 0.851. The van der Waals surface area contributed by atoms with Crippen molar-refractivity contribution >= 4 is 5.91 Å². The molecule has 1 aromatic heterocycles. The molecular formula is C17H27N3O. The van der Waals surface area contributed by atoms with Crippen molar-refractivity contribution in [2.45, 2.75) is 63.8 Å². The van der Waals surface area contributed by atoms with E-state index in [4.69, 9.17) is 0 Å². The van der Waals surface area contributed by atoms with Crippen LogP contribution in [0.5, 0.6) is 0 Å². The van der Waals surface area contributed by atoms with E-state index in [9.17, 15) is 4.79 Å². The first-order valence-electron chi connectivity index (χ1n) is 8.52. The standard InChI is InChI=1S/C17H27N3O/c1-19-13-15(12-18-19)16-8-5-11-20(16)17(21)10-9-14-6-3-2-4-7-14/h12-14,16H,2-11H2,1H3. The Morgan fingerprint density at radius 3 is 2.76 bits per heavy atom. The molecule has 4 nitrogen and oxygen atoms in total. The number of carbonyl (C=O) groups is 1. The average Bonchev–Trinajstić information content (AvgIpc) is 3.14. The summed E-state index contributed by atoms with van der Waals surface area (Å²) in [5.74, 6) is 1.15. The van der Waals surface area contributed by atoms with Crippen LogP contribution < -0.4 is 0 Å².